The van der Waals surface area contributed by atoms with Crippen molar-refractivity contribution in [3.8, 4) is 11.5 Å². The van der Waals surface area contributed by atoms with Crippen LogP contribution in [0.1, 0.15) is 19.4 Å². The number of ether oxygens (including phenoxy) is 3. The van der Waals surface area contributed by atoms with Gasteiger partial charge in [0.2, 0.25) is 0 Å². The number of hydrogen-bond acceptors (Lipinski definition) is 4. The summed E-state index contributed by atoms with van der Waals surface area (Å²) in [6.45, 7) is 6.67. The molecular formula is C13H21NO3. The molecule has 0 unspecified atom stereocenters. The van der Waals surface area contributed by atoms with Crippen LogP contribution in [0.2, 0.25) is 0 Å². The van der Waals surface area contributed by atoms with E-state index in [4.69, 9.17) is 14.2 Å². The number of benzene rings is 1. The largest absolute Gasteiger partial charge is 0.493 e. The molecule has 0 amide bonds. The minimum Gasteiger partial charge on any atom is -0.493 e. The Morgan fingerprint density at radius 3 is 2.65 bits per heavy atom. The van der Waals surface area contributed by atoms with Crippen LogP contribution in [0.25, 0.3) is 0 Å². The van der Waals surface area contributed by atoms with E-state index < -0.39 is 0 Å². The topological polar surface area (TPSA) is 39.7 Å². The normalized spacial score (nSPS) is 10.3. The van der Waals surface area contributed by atoms with Crippen LogP contribution < -0.4 is 14.8 Å². The molecule has 1 rings (SSSR count). The Labute approximate surface area is 103 Å². The summed E-state index contributed by atoms with van der Waals surface area (Å²) in [5, 5.41) is 3.27. The van der Waals surface area contributed by atoms with Gasteiger partial charge in [-0.25, -0.2) is 0 Å². The summed E-state index contributed by atoms with van der Waals surface area (Å²) in [7, 11) is 1.63. The first kappa shape index (κ1) is 13.8. The van der Waals surface area contributed by atoms with Crippen molar-refractivity contribution in [1.82, 2.24) is 5.32 Å². The van der Waals surface area contributed by atoms with E-state index in [0.717, 1.165) is 24.6 Å². The third kappa shape index (κ3) is 4.63. The molecule has 0 fully saturated rings. The second-order valence-corrected chi connectivity index (χ2v) is 3.52. The molecule has 0 heterocycles. The van der Waals surface area contributed by atoms with Crippen molar-refractivity contribution in [2.75, 3.05) is 27.1 Å². The molecule has 0 bridgehead atoms. The van der Waals surface area contributed by atoms with Gasteiger partial charge in [0.05, 0.1) is 7.11 Å². The van der Waals surface area contributed by atoms with Gasteiger partial charge in [-0.3, -0.25) is 0 Å². The van der Waals surface area contributed by atoms with E-state index in [0.29, 0.717) is 6.61 Å². The van der Waals surface area contributed by atoms with Gasteiger partial charge in [0.15, 0.2) is 18.3 Å². The summed E-state index contributed by atoms with van der Waals surface area (Å²) in [5.74, 6) is 1.45. The summed E-state index contributed by atoms with van der Waals surface area (Å²) in [6, 6.07) is 5.91. The Hall–Kier alpha value is -1.26. The van der Waals surface area contributed by atoms with Crippen LogP contribution in [0.5, 0.6) is 11.5 Å². The van der Waals surface area contributed by atoms with E-state index in [1.807, 2.05) is 25.1 Å². The predicted octanol–water partition coefficient (Wildman–Crippen LogP) is 2.18. The molecule has 17 heavy (non-hydrogen) atoms. The third-order valence-corrected chi connectivity index (χ3v) is 2.31. The lowest BCUT2D eigenvalue weighted by molar-refractivity contribution is 0.0208. The molecule has 0 spiro atoms. The molecule has 1 N–H and O–H groups in total. The first-order chi connectivity index (χ1) is 8.31. The molecule has 0 atom stereocenters. The molecule has 0 aliphatic carbocycles. The molecule has 1 aromatic carbocycles. The second-order valence-electron chi connectivity index (χ2n) is 3.52. The maximum atomic E-state index is 5.51. The summed E-state index contributed by atoms with van der Waals surface area (Å²) in [5.41, 5.74) is 1.17. The predicted molar refractivity (Wildman–Crippen MR) is 67.5 cm³/mol. The van der Waals surface area contributed by atoms with Crippen molar-refractivity contribution >= 4 is 0 Å². The van der Waals surface area contributed by atoms with Crippen LogP contribution in [0.3, 0.4) is 0 Å². The Bertz CT molecular complexity index is 328. The highest BCUT2D eigenvalue weighted by Crippen LogP contribution is 2.28. The molecule has 1 aromatic rings. The Balaban J connectivity index is 2.68. The van der Waals surface area contributed by atoms with Crippen LogP contribution >= 0.6 is 0 Å². The smallest absolute Gasteiger partial charge is 0.189 e. The van der Waals surface area contributed by atoms with Gasteiger partial charge in [0.1, 0.15) is 0 Å². The van der Waals surface area contributed by atoms with Gasteiger partial charge in [-0.15, -0.1) is 0 Å². The van der Waals surface area contributed by atoms with Crippen molar-refractivity contribution in [3.05, 3.63) is 23.8 Å². The molecule has 0 aromatic heterocycles. The van der Waals surface area contributed by atoms with Gasteiger partial charge >= 0.3 is 0 Å². The molecule has 4 nitrogen and oxygen atoms in total. The van der Waals surface area contributed by atoms with Gasteiger partial charge in [0.25, 0.3) is 0 Å². The van der Waals surface area contributed by atoms with Crippen molar-refractivity contribution < 1.29 is 14.2 Å². The average Bonchev–Trinajstić information content (AvgIpc) is 2.37. The highest BCUT2D eigenvalue weighted by Gasteiger charge is 2.05. The van der Waals surface area contributed by atoms with E-state index in [2.05, 4.69) is 12.2 Å². The number of methoxy groups -OCH3 is 1. The van der Waals surface area contributed by atoms with E-state index in [-0.39, 0.29) is 6.79 Å². The Kier molecular flexibility index (Phi) is 6.43. The fourth-order valence-electron chi connectivity index (χ4n) is 1.40. The molecule has 96 valence electrons. The van der Waals surface area contributed by atoms with E-state index in [1.165, 1.54) is 5.56 Å². The lowest BCUT2D eigenvalue weighted by atomic mass is 10.2. The number of rotatable bonds is 8. The molecule has 0 saturated heterocycles. The maximum Gasteiger partial charge on any atom is 0.189 e. The Morgan fingerprint density at radius 1 is 1.18 bits per heavy atom. The molecular weight excluding hydrogens is 218 g/mol. The van der Waals surface area contributed by atoms with Gasteiger partial charge in [-0.2, -0.15) is 0 Å². The van der Waals surface area contributed by atoms with Crippen LogP contribution in [-0.4, -0.2) is 27.1 Å². The lowest BCUT2D eigenvalue weighted by Crippen LogP contribution is -2.12. The molecule has 0 saturated carbocycles. The van der Waals surface area contributed by atoms with Gasteiger partial charge in [-0.1, -0.05) is 13.0 Å². The average molecular weight is 239 g/mol. The highest BCUT2D eigenvalue weighted by molar-refractivity contribution is 5.42. The van der Waals surface area contributed by atoms with Crippen molar-refractivity contribution in [3.63, 3.8) is 0 Å². The summed E-state index contributed by atoms with van der Waals surface area (Å²) in [4.78, 5) is 0. The zero-order chi connectivity index (χ0) is 12.5. The minimum absolute atomic E-state index is 0.248. The van der Waals surface area contributed by atoms with Crippen LogP contribution in [0.15, 0.2) is 18.2 Å². The fraction of sp³-hybridized carbons (Fsp3) is 0.538. The summed E-state index contributed by atoms with van der Waals surface area (Å²) < 4.78 is 15.9. The number of nitrogens with one attached hydrogen (secondary N) is 1. The summed E-state index contributed by atoms with van der Waals surface area (Å²) >= 11 is 0. The van der Waals surface area contributed by atoms with E-state index >= 15 is 0 Å². The van der Waals surface area contributed by atoms with Gasteiger partial charge in [-0.05, 0) is 31.2 Å². The van der Waals surface area contributed by atoms with Gasteiger partial charge < -0.3 is 19.5 Å². The standard InChI is InChI=1S/C13H21NO3/c1-4-14-9-11-6-7-12(15-3)13(8-11)17-10-16-5-2/h6-8,14H,4-5,9-10H2,1-3H3. The monoisotopic (exact) mass is 239 g/mol. The number of hydrogen-bond donors (Lipinski definition) is 1. The van der Waals surface area contributed by atoms with Crippen LogP contribution in [0.4, 0.5) is 0 Å². The zero-order valence-corrected chi connectivity index (χ0v) is 10.8. The highest BCUT2D eigenvalue weighted by atomic mass is 16.7. The minimum atomic E-state index is 0.248. The quantitative estimate of drug-likeness (QED) is 0.557. The first-order valence-electron chi connectivity index (χ1n) is 5.90. The van der Waals surface area contributed by atoms with E-state index in [9.17, 15) is 0 Å². The molecule has 4 heteroatoms. The molecule has 0 radical (unpaired) electrons. The van der Waals surface area contributed by atoms with Crippen molar-refractivity contribution in [2.24, 2.45) is 0 Å². The molecule has 0 aliphatic heterocycles. The third-order valence-electron chi connectivity index (χ3n) is 2.31. The maximum absolute atomic E-state index is 5.51. The summed E-state index contributed by atoms with van der Waals surface area (Å²) in [6.07, 6.45) is 0. The first-order valence-corrected chi connectivity index (χ1v) is 5.90. The SMILES string of the molecule is CCNCc1ccc(OC)c(OCOCC)c1. The Morgan fingerprint density at radius 2 is 2.00 bits per heavy atom. The zero-order valence-electron chi connectivity index (χ0n) is 10.8. The van der Waals surface area contributed by atoms with Crippen molar-refractivity contribution in [1.29, 1.82) is 0 Å². The van der Waals surface area contributed by atoms with E-state index in [1.54, 1.807) is 7.11 Å². The lowest BCUT2D eigenvalue weighted by Gasteiger charge is -2.12. The molecule has 0 aliphatic rings. The van der Waals surface area contributed by atoms with Crippen LogP contribution in [0, 0.1) is 0 Å². The van der Waals surface area contributed by atoms with Crippen LogP contribution in [-0.2, 0) is 11.3 Å². The second kappa shape index (κ2) is 7.92. The van der Waals surface area contributed by atoms with Crippen molar-refractivity contribution in [2.45, 2.75) is 20.4 Å². The fourth-order valence-corrected chi connectivity index (χ4v) is 1.40. The van der Waals surface area contributed by atoms with Gasteiger partial charge in [0, 0.05) is 13.2 Å².